The summed E-state index contributed by atoms with van der Waals surface area (Å²) in [5.41, 5.74) is 9.23. The van der Waals surface area contributed by atoms with Crippen LogP contribution in [0.3, 0.4) is 0 Å². The monoisotopic (exact) mass is 348 g/mol. The van der Waals surface area contributed by atoms with Gasteiger partial charge in [0, 0.05) is 35.1 Å². The third-order valence-electron chi connectivity index (χ3n) is 4.20. The topological polar surface area (TPSA) is 82.0 Å². The van der Waals surface area contributed by atoms with Crippen LogP contribution in [-0.4, -0.2) is 24.6 Å². The number of nitrogen functional groups attached to an aromatic ring is 1. The number of rotatable bonds is 1. The van der Waals surface area contributed by atoms with E-state index in [1.165, 1.54) is 25.7 Å². The first-order chi connectivity index (χ1) is 12.8. The average molecular weight is 348 g/mol. The summed E-state index contributed by atoms with van der Waals surface area (Å²) >= 11 is 0. The molecule has 1 saturated carbocycles. The van der Waals surface area contributed by atoms with Crippen LogP contribution in [0, 0.1) is 0 Å². The zero-order valence-electron chi connectivity index (χ0n) is 15.3. The van der Waals surface area contributed by atoms with E-state index in [-0.39, 0.29) is 5.95 Å². The van der Waals surface area contributed by atoms with Crippen molar-refractivity contribution in [2.45, 2.75) is 39.5 Å². The first-order valence-corrected chi connectivity index (χ1v) is 9.12. The highest BCUT2D eigenvalue weighted by molar-refractivity contribution is 5.86. The number of anilines is 1. The smallest absolute Gasteiger partial charge is 0.238 e. The zero-order chi connectivity index (χ0) is 18.4. The van der Waals surface area contributed by atoms with E-state index in [1.807, 2.05) is 38.2 Å². The quantitative estimate of drug-likeness (QED) is 0.547. The molecule has 0 spiro atoms. The molecule has 0 aromatic carbocycles. The third-order valence-corrected chi connectivity index (χ3v) is 4.20. The van der Waals surface area contributed by atoms with Gasteiger partial charge in [-0.15, -0.1) is 5.10 Å². The Morgan fingerprint density at radius 2 is 1.73 bits per heavy atom. The van der Waals surface area contributed by atoms with Crippen LogP contribution in [0.4, 0.5) is 5.95 Å². The largest absolute Gasteiger partial charge is 0.367 e. The fraction of sp³-hybridized carbons (Fsp3) is 0.300. The lowest BCUT2D eigenvalue weighted by molar-refractivity contribution is 0.504. The van der Waals surface area contributed by atoms with Crippen LogP contribution < -0.4 is 5.73 Å². The molecule has 4 heterocycles. The van der Waals surface area contributed by atoms with E-state index < -0.39 is 0 Å². The molecule has 6 nitrogen and oxygen atoms in total. The summed E-state index contributed by atoms with van der Waals surface area (Å²) in [5, 5.41) is 5.14. The van der Waals surface area contributed by atoms with Crippen LogP contribution in [0.25, 0.3) is 27.7 Å². The molecule has 6 heteroatoms. The minimum atomic E-state index is 0.250. The Labute approximate surface area is 153 Å². The van der Waals surface area contributed by atoms with Crippen molar-refractivity contribution in [3.05, 3.63) is 49.1 Å². The first-order valence-electron chi connectivity index (χ1n) is 9.12. The van der Waals surface area contributed by atoms with Crippen molar-refractivity contribution in [3.8, 4) is 11.1 Å². The van der Waals surface area contributed by atoms with Gasteiger partial charge in [0.1, 0.15) is 0 Å². The van der Waals surface area contributed by atoms with Crippen LogP contribution in [0.15, 0.2) is 49.1 Å². The molecule has 0 bridgehead atoms. The normalized spacial score (nSPS) is 12.5. The summed E-state index contributed by atoms with van der Waals surface area (Å²) in [6.07, 6.45) is 13.1. The Morgan fingerprint density at radius 1 is 0.962 bits per heavy atom. The maximum atomic E-state index is 5.58. The zero-order valence-corrected chi connectivity index (χ0v) is 15.3. The number of pyridine rings is 2. The highest BCUT2D eigenvalue weighted by Gasteiger charge is 2.08. The maximum Gasteiger partial charge on any atom is 0.238 e. The summed E-state index contributed by atoms with van der Waals surface area (Å²) < 4.78 is 1.71. The molecule has 1 aliphatic carbocycles. The summed E-state index contributed by atoms with van der Waals surface area (Å²) in [7, 11) is 0. The standard InChI is InChI=1S/C14H10N6.C4H8.C2H6/c15-14-18-8-12-11(3-5-20(12)19-14)10-6-9-2-1-4-16-13(9)17-7-10;1-2-4-3-1;1-2/h1-8H,(H2,15,19);1-4H2;1-2H3. The number of fused-ring (bicyclic) bond motifs is 2. The molecular weight excluding hydrogens is 324 g/mol. The Morgan fingerprint density at radius 3 is 2.46 bits per heavy atom. The molecule has 0 radical (unpaired) electrons. The van der Waals surface area contributed by atoms with Gasteiger partial charge in [-0.2, -0.15) is 0 Å². The molecule has 4 aromatic rings. The molecule has 0 saturated heterocycles. The number of aromatic nitrogens is 5. The van der Waals surface area contributed by atoms with E-state index in [9.17, 15) is 0 Å². The molecule has 134 valence electrons. The predicted octanol–water partition coefficient (Wildman–Crippen LogP) is 4.51. The second-order valence-electron chi connectivity index (χ2n) is 5.86. The van der Waals surface area contributed by atoms with Gasteiger partial charge in [0.25, 0.3) is 0 Å². The molecule has 0 unspecified atom stereocenters. The number of hydrogen-bond donors (Lipinski definition) is 1. The Balaban J connectivity index is 0.000000284. The Kier molecular flexibility index (Phi) is 5.73. The molecule has 0 aliphatic heterocycles. The van der Waals surface area contributed by atoms with Gasteiger partial charge in [0.05, 0.1) is 11.7 Å². The lowest BCUT2D eigenvalue weighted by atomic mass is 10.0. The molecule has 5 rings (SSSR count). The predicted molar refractivity (Wildman–Crippen MR) is 106 cm³/mol. The van der Waals surface area contributed by atoms with Crippen molar-refractivity contribution in [1.82, 2.24) is 24.6 Å². The van der Waals surface area contributed by atoms with Gasteiger partial charge in [0.2, 0.25) is 5.95 Å². The number of hydrogen-bond acceptors (Lipinski definition) is 5. The summed E-state index contributed by atoms with van der Waals surface area (Å²) in [6, 6.07) is 7.92. The maximum absolute atomic E-state index is 5.58. The van der Waals surface area contributed by atoms with Crippen LogP contribution >= 0.6 is 0 Å². The molecule has 26 heavy (non-hydrogen) atoms. The van der Waals surface area contributed by atoms with Gasteiger partial charge >= 0.3 is 0 Å². The number of nitrogens with two attached hydrogens (primary N) is 1. The number of nitrogens with zero attached hydrogens (tertiary/aromatic N) is 5. The highest BCUT2D eigenvalue weighted by Crippen LogP contribution is 2.26. The average Bonchev–Trinajstić information content (AvgIpc) is 3.04. The molecule has 0 amide bonds. The van der Waals surface area contributed by atoms with Crippen molar-refractivity contribution >= 4 is 22.5 Å². The summed E-state index contributed by atoms with van der Waals surface area (Å²) in [6.45, 7) is 4.00. The van der Waals surface area contributed by atoms with Crippen molar-refractivity contribution in [1.29, 1.82) is 0 Å². The lowest BCUT2D eigenvalue weighted by Gasteiger charge is -2.05. The van der Waals surface area contributed by atoms with Crippen LogP contribution in [0.5, 0.6) is 0 Å². The summed E-state index contributed by atoms with van der Waals surface area (Å²) in [5.74, 6) is 0.250. The van der Waals surface area contributed by atoms with Crippen LogP contribution in [0.2, 0.25) is 0 Å². The van der Waals surface area contributed by atoms with Gasteiger partial charge < -0.3 is 5.73 Å². The van der Waals surface area contributed by atoms with Gasteiger partial charge in [0.15, 0.2) is 5.65 Å². The van der Waals surface area contributed by atoms with E-state index in [1.54, 1.807) is 23.1 Å². The summed E-state index contributed by atoms with van der Waals surface area (Å²) in [4.78, 5) is 12.6. The van der Waals surface area contributed by atoms with Gasteiger partial charge in [-0.05, 0) is 24.3 Å². The fourth-order valence-electron chi connectivity index (χ4n) is 2.52. The Bertz CT molecular complexity index is 984. The fourth-order valence-corrected chi connectivity index (χ4v) is 2.52. The van der Waals surface area contributed by atoms with Gasteiger partial charge in [-0.25, -0.2) is 19.5 Å². The van der Waals surface area contributed by atoms with E-state index in [4.69, 9.17) is 5.73 Å². The third kappa shape index (κ3) is 3.79. The van der Waals surface area contributed by atoms with Crippen molar-refractivity contribution in [2.24, 2.45) is 0 Å². The van der Waals surface area contributed by atoms with Crippen molar-refractivity contribution in [3.63, 3.8) is 0 Å². The van der Waals surface area contributed by atoms with E-state index in [0.29, 0.717) is 0 Å². The molecule has 1 fully saturated rings. The van der Waals surface area contributed by atoms with E-state index in [2.05, 4.69) is 26.1 Å². The minimum absolute atomic E-state index is 0.250. The van der Waals surface area contributed by atoms with Crippen molar-refractivity contribution < 1.29 is 0 Å². The lowest BCUT2D eigenvalue weighted by Crippen LogP contribution is -1.99. The first kappa shape index (κ1) is 17.8. The Hall–Kier alpha value is -3.02. The van der Waals surface area contributed by atoms with E-state index in [0.717, 1.165) is 27.7 Å². The molecule has 0 atom stereocenters. The second-order valence-corrected chi connectivity index (χ2v) is 5.86. The molecule has 2 N–H and O–H groups in total. The molecule has 4 aromatic heterocycles. The van der Waals surface area contributed by atoms with Crippen molar-refractivity contribution in [2.75, 3.05) is 5.73 Å². The minimum Gasteiger partial charge on any atom is -0.367 e. The SMILES string of the molecule is C1CCC1.CC.Nc1ncc2c(-c3cnc4ncccc4c3)ccn2n1. The molecular formula is C20H24N6. The van der Waals surface area contributed by atoms with Gasteiger partial charge in [-0.1, -0.05) is 39.5 Å². The highest BCUT2D eigenvalue weighted by atomic mass is 15.3. The molecule has 1 aliphatic rings. The van der Waals surface area contributed by atoms with Gasteiger partial charge in [-0.3, -0.25) is 0 Å². The van der Waals surface area contributed by atoms with E-state index >= 15 is 0 Å². The second kappa shape index (κ2) is 8.38. The van der Waals surface area contributed by atoms with Crippen LogP contribution in [-0.2, 0) is 0 Å². The van der Waals surface area contributed by atoms with Crippen LogP contribution in [0.1, 0.15) is 39.5 Å².